The Labute approximate surface area is 141 Å². The summed E-state index contributed by atoms with van der Waals surface area (Å²) >= 11 is 0. The summed E-state index contributed by atoms with van der Waals surface area (Å²) in [7, 11) is 0. The minimum Gasteiger partial charge on any atom is -0.493 e. The van der Waals surface area contributed by atoms with Crippen molar-refractivity contribution >= 4 is 5.91 Å². The van der Waals surface area contributed by atoms with Crippen LogP contribution in [0.25, 0.3) is 0 Å². The van der Waals surface area contributed by atoms with Crippen molar-refractivity contribution in [2.75, 3.05) is 19.7 Å². The van der Waals surface area contributed by atoms with Gasteiger partial charge < -0.3 is 14.4 Å². The topological polar surface area (TPSA) is 64.5 Å². The van der Waals surface area contributed by atoms with Gasteiger partial charge in [-0.2, -0.15) is 0 Å². The first-order valence-corrected chi connectivity index (χ1v) is 8.21. The van der Waals surface area contributed by atoms with E-state index in [4.69, 9.17) is 9.47 Å². The second kappa shape index (κ2) is 7.77. The molecule has 1 fully saturated rings. The highest BCUT2D eigenvalue weighted by Gasteiger charge is 2.27. The summed E-state index contributed by atoms with van der Waals surface area (Å²) < 4.78 is 11.4. The fraction of sp³-hybridized carbons (Fsp3) is 0.389. The van der Waals surface area contributed by atoms with Gasteiger partial charge in [0, 0.05) is 18.8 Å². The van der Waals surface area contributed by atoms with Gasteiger partial charge in [0.15, 0.2) is 0 Å². The number of hydrogen-bond acceptors (Lipinski definition) is 5. The maximum Gasteiger partial charge on any atom is 0.257 e. The van der Waals surface area contributed by atoms with Crippen molar-refractivity contribution in [1.29, 1.82) is 0 Å². The van der Waals surface area contributed by atoms with Crippen LogP contribution in [0.2, 0.25) is 0 Å². The third-order valence-corrected chi connectivity index (χ3v) is 3.92. The van der Waals surface area contributed by atoms with Crippen LogP contribution in [0, 0.1) is 0 Å². The second-order valence-electron chi connectivity index (χ2n) is 5.61. The van der Waals surface area contributed by atoms with E-state index in [9.17, 15) is 4.79 Å². The Hall–Kier alpha value is -2.63. The third kappa shape index (κ3) is 3.82. The first kappa shape index (κ1) is 16.2. The van der Waals surface area contributed by atoms with E-state index in [1.54, 1.807) is 12.3 Å². The van der Waals surface area contributed by atoms with Crippen molar-refractivity contribution in [3.05, 3.63) is 48.4 Å². The van der Waals surface area contributed by atoms with Crippen molar-refractivity contribution < 1.29 is 14.3 Å². The van der Waals surface area contributed by atoms with Gasteiger partial charge in [-0.05, 0) is 31.9 Å². The first-order valence-electron chi connectivity index (χ1n) is 8.21. The molecule has 1 aliphatic heterocycles. The number of likely N-dealkylation sites (tertiary alicyclic amines) is 1. The first-order chi connectivity index (χ1) is 11.8. The van der Waals surface area contributed by atoms with Gasteiger partial charge in [0.05, 0.1) is 18.7 Å². The van der Waals surface area contributed by atoms with Gasteiger partial charge >= 0.3 is 0 Å². The molecule has 6 nitrogen and oxygen atoms in total. The smallest absolute Gasteiger partial charge is 0.257 e. The number of nitrogens with zero attached hydrogens (tertiary/aromatic N) is 3. The average molecular weight is 327 g/mol. The number of carbonyl (C=O) groups excluding carboxylic acids is 1. The third-order valence-electron chi connectivity index (χ3n) is 3.92. The van der Waals surface area contributed by atoms with Crippen LogP contribution in [0.4, 0.5) is 0 Å². The average Bonchev–Trinajstić information content (AvgIpc) is 2.63. The largest absolute Gasteiger partial charge is 0.493 e. The van der Waals surface area contributed by atoms with E-state index < -0.39 is 0 Å². The number of rotatable bonds is 5. The van der Waals surface area contributed by atoms with Gasteiger partial charge in [0.2, 0.25) is 5.88 Å². The monoisotopic (exact) mass is 327 g/mol. The summed E-state index contributed by atoms with van der Waals surface area (Å²) in [6.45, 7) is 3.71. The van der Waals surface area contributed by atoms with Crippen LogP contribution in [0.1, 0.15) is 30.1 Å². The Kier molecular flexibility index (Phi) is 5.25. The van der Waals surface area contributed by atoms with Gasteiger partial charge in [-0.15, -0.1) is 0 Å². The Morgan fingerprint density at radius 2 is 2.21 bits per heavy atom. The molecule has 1 aromatic carbocycles. The number of hydrogen-bond donors (Lipinski definition) is 0. The van der Waals surface area contributed by atoms with Crippen LogP contribution in [0.5, 0.6) is 11.6 Å². The summed E-state index contributed by atoms with van der Waals surface area (Å²) in [5, 5.41) is 0. The molecule has 1 unspecified atom stereocenters. The van der Waals surface area contributed by atoms with Gasteiger partial charge in [-0.1, -0.05) is 12.1 Å². The number of benzene rings is 1. The molecule has 1 aromatic heterocycles. The van der Waals surface area contributed by atoms with Gasteiger partial charge in [0.1, 0.15) is 18.2 Å². The van der Waals surface area contributed by atoms with E-state index in [1.807, 2.05) is 36.1 Å². The molecule has 6 heteroatoms. The molecular weight excluding hydrogens is 306 g/mol. The fourth-order valence-electron chi connectivity index (χ4n) is 2.83. The van der Waals surface area contributed by atoms with Crippen molar-refractivity contribution in [3.63, 3.8) is 0 Å². The van der Waals surface area contributed by atoms with Crippen molar-refractivity contribution in [2.45, 2.75) is 25.9 Å². The lowest BCUT2D eigenvalue weighted by Crippen LogP contribution is -2.44. The SMILES string of the molecule is CCOc1ccccc1C(=O)N1CCCC(Oc2ccncn2)C1. The molecule has 24 heavy (non-hydrogen) atoms. The molecule has 1 saturated heterocycles. The number of ether oxygens (including phenoxy) is 2. The molecule has 0 radical (unpaired) electrons. The maximum atomic E-state index is 12.9. The molecule has 0 N–H and O–H groups in total. The highest BCUT2D eigenvalue weighted by molar-refractivity contribution is 5.97. The molecule has 1 atom stereocenters. The summed E-state index contributed by atoms with van der Waals surface area (Å²) in [4.78, 5) is 22.6. The lowest BCUT2D eigenvalue weighted by atomic mass is 10.1. The van der Waals surface area contributed by atoms with Crippen LogP contribution in [0.3, 0.4) is 0 Å². The molecular formula is C18H21N3O3. The summed E-state index contributed by atoms with van der Waals surface area (Å²) in [5.41, 5.74) is 0.599. The van der Waals surface area contributed by atoms with Crippen LogP contribution in [-0.2, 0) is 0 Å². The fourth-order valence-corrected chi connectivity index (χ4v) is 2.83. The molecule has 1 amide bonds. The van der Waals surface area contributed by atoms with Crippen LogP contribution >= 0.6 is 0 Å². The maximum absolute atomic E-state index is 12.9. The zero-order valence-electron chi connectivity index (χ0n) is 13.7. The number of aromatic nitrogens is 2. The number of amides is 1. The lowest BCUT2D eigenvalue weighted by molar-refractivity contribution is 0.0524. The van der Waals surface area contributed by atoms with Gasteiger partial charge in [0.25, 0.3) is 5.91 Å². The molecule has 2 aromatic rings. The van der Waals surface area contributed by atoms with Gasteiger partial charge in [-0.25, -0.2) is 9.97 Å². The van der Waals surface area contributed by atoms with Crippen LogP contribution < -0.4 is 9.47 Å². The quantitative estimate of drug-likeness (QED) is 0.844. The Morgan fingerprint density at radius 1 is 1.33 bits per heavy atom. The second-order valence-corrected chi connectivity index (χ2v) is 5.61. The van der Waals surface area contributed by atoms with Crippen molar-refractivity contribution in [3.8, 4) is 11.6 Å². The Balaban J connectivity index is 1.69. The minimum absolute atomic E-state index is 0.0185. The van der Waals surface area contributed by atoms with Crippen LogP contribution in [-0.4, -0.2) is 46.6 Å². The van der Waals surface area contributed by atoms with Crippen molar-refractivity contribution in [1.82, 2.24) is 14.9 Å². The highest BCUT2D eigenvalue weighted by Crippen LogP contribution is 2.23. The zero-order valence-corrected chi connectivity index (χ0v) is 13.7. The van der Waals surface area contributed by atoms with Gasteiger partial charge in [-0.3, -0.25) is 4.79 Å². The summed E-state index contributed by atoms with van der Waals surface area (Å²) in [5.74, 6) is 1.15. The number of para-hydroxylation sites is 1. The molecule has 0 saturated carbocycles. The molecule has 0 bridgehead atoms. The molecule has 1 aliphatic rings. The van der Waals surface area contributed by atoms with E-state index in [0.717, 1.165) is 19.4 Å². The zero-order chi connectivity index (χ0) is 16.8. The van der Waals surface area contributed by atoms with Crippen LogP contribution in [0.15, 0.2) is 42.9 Å². The molecule has 3 rings (SSSR count). The molecule has 0 aliphatic carbocycles. The van der Waals surface area contributed by atoms with E-state index in [0.29, 0.717) is 30.3 Å². The predicted molar refractivity (Wildman–Crippen MR) is 89.2 cm³/mol. The highest BCUT2D eigenvalue weighted by atomic mass is 16.5. The number of carbonyl (C=O) groups is 1. The standard InChI is InChI=1S/C18H21N3O3/c1-2-23-16-8-4-3-7-15(16)18(22)21-11-5-6-14(12-21)24-17-9-10-19-13-20-17/h3-4,7-10,13-14H,2,5-6,11-12H2,1H3. The normalized spacial score (nSPS) is 17.4. The summed E-state index contributed by atoms with van der Waals surface area (Å²) in [6.07, 6.45) is 4.85. The number of piperidine rings is 1. The minimum atomic E-state index is -0.0585. The molecule has 126 valence electrons. The van der Waals surface area contributed by atoms with E-state index in [2.05, 4.69) is 9.97 Å². The predicted octanol–water partition coefficient (Wildman–Crippen LogP) is 2.56. The Morgan fingerprint density at radius 3 is 3.00 bits per heavy atom. The van der Waals surface area contributed by atoms with E-state index >= 15 is 0 Å². The molecule has 2 heterocycles. The van der Waals surface area contributed by atoms with E-state index in [-0.39, 0.29) is 12.0 Å². The Bertz CT molecular complexity index is 678. The summed E-state index contributed by atoms with van der Waals surface area (Å²) in [6, 6.07) is 9.09. The van der Waals surface area contributed by atoms with E-state index in [1.165, 1.54) is 6.33 Å². The lowest BCUT2D eigenvalue weighted by Gasteiger charge is -2.33. The van der Waals surface area contributed by atoms with Crippen molar-refractivity contribution in [2.24, 2.45) is 0 Å². The molecule has 0 spiro atoms.